The molecule has 1 aromatic rings. The molecule has 2 fully saturated rings. The Bertz CT molecular complexity index is 1740. The minimum absolute atomic E-state index is 0.0873. The first-order valence-corrected chi connectivity index (χ1v) is 25.5. The average molecular weight is 937 g/mol. The van der Waals surface area contributed by atoms with Crippen LogP contribution in [0.25, 0.3) is 0 Å². The number of phenolic OH excluding ortho intramolecular Hbond substituents is 1. The fourth-order valence-corrected chi connectivity index (χ4v) is 9.26. The predicted octanol–water partition coefficient (Wildman–Crippen LogP) is 5.62. The molecular formula is C51H84N8O8. The monoisotopic (exact) mass is 937 g/mol. The van der Waals surface area contributed by atoms with Crippen molar-refractivity contribution < 1.29 is 38.7 Å². The minimum atomic E-state index is -1.10. The van der Waals surface area contributed by atoms with Crippen molar-refractivity contribution in [1.82, 2.24) is 31.1 Å². The van der Waals surface area contributed by atoms with Crippen LogP contribution in [0.15, 0.2) is 29.3 Å². The van der Waals surface area contributed by atoms with Gasteiger partial charge in [-0.05, 0) is 126 Å². The topological polar surface area (TPSA) is 233 Å². The molecule has 0 aromatic heterocycles. The molecule has 2 aliphatic heterocycles. The van der Waals surface area contributed by atoms with Crippen LogP contribution in [0.4, 0.5) is 0 Å². The second-order valence-corrected chi connectivity index (χ2v) is 19.0. The largest absolute Gasteiger partial charge is 0.508 e. The molecule has 3 rings (SSSR count). The van der Waals surface area contributed by atoms with Crippen LogP contribution in [0.2, 0.25) is 0 Å². The highest BCUT2D eigenvalue weighted by Gasteiger charge is 2.40. The van der Waals surface area contributed by atoms with E-state index in [2.05, 4.69) is 47.0 Å². The molecule has 0 radical (unpaired) electrons. The van der Waals surface area contributed by atoms with Crippen LogP contribution in [0.5, 0.6) is 5.75 Å². The van der Waals surface area contributed by atoms with Crippen molar-refractivity contribution in [1.29, 1.82) is 0 Å². The molecule has 0 bridgehead atoms. The number of nitrogens with zero attached hydrogens (tertiary/aromatic N) is 3. The molecule has 16 heteroatoms. The molecule has 7 unspecified atom stereocenters. The van der Waals surface area contributed by atoms with E-state index in [1.807, 2.05) is 6.92 Å². The van der Waals surface area contributed by atoms with Crippen LogP contribution in [0, 0.1) is 11.8 Å². The van der Waals surface area contributed by atoms with Gasteiger partial charge in [0.1, 0.15) is 36.0 Å². The van der Waals surface area contributed by atoms with Crippen LogP contribution < -0.4 is 27.0 Å². The number of hydrogen-bond acceptors (Lipinski definition) is 9. The quantitative estimate of drug-likeness (QED) is 0.0299. The molecule has 1 aromatic carbocycles. The molecule has 0 spiro atoms. The van der Waals surface area contributed by atoms with Crippen LogP contribution in [0.1, 0.15) is 169 Å². The van der Waals surface area contributed by atoms with Gasteiger partial charge in [0.2, 0.25) is 41.9 Å². The summed E-state index contributed by atoms with van der Waals surface area (Å²) in [5.74, 6) is -0.608. The van der Waals surface area contributed by atoms with Crippen molar-refractivity contribution in [3.8, 4) is 5.75 Å². The molecule has 16 nitrogen and oxygen atoms in total. The Morgan fingerprint density at radius 1 is 0.746 bits per heavy atom. The van der Waals surface area contributed by atoms with E-state index in [0.717, 1.165) is 42.4 Å². The van der Waals surface area contributed by atoms with Crippen molar-refractivity contribution >= 4 is 47.6 Å². The van der Waals surface area contributed by atoms with Gasteiger partial charge in [0, 0.05) is 31.8 Å². The highest BCUT2D eigenvalue weighted by atomic mass is 16.3. The molecular weight excluding hydrogens is 853 g/mol. The summed E-state index contributed by atoms with van der Waals surface area (Å²) in [6.07, 6.45) is 16.1. The number of carbonyl (C=O) groups excluding carboxylic acids is 7. The molecule has 2 aliphatic rings. The van der Waals surface area contributed by atoms with Gasteiger partial charge in [0.15, 0.2) is 0 Å². The van der Waals surface area contributed by atoms with Gasteiger partial charge in [0.25, 0.3) is 0 Å². The second-order valence-electron chi connectivity index (χ2n) is 19.0. The van der Waals surface area contributed by atoms with E-state index >= 15 is 0 Å². The summed E-state index contributed by atoms with van der Waals surface area (Å²) in [5.41, 5.74) is 7.40. The zero-order valence-electron chi connectivity index (χ0n) is 41.3. The summed E-state index contributed by atoms with van der Waals surface area (Å²) >= 11 is 0. The summed E-state index contributed by atoms with van der Waals surface area (Å²) in [5, 5.41) is 21.0. The maximum atomic E-state index is 14.2. The van der Waals surface area contributed by atoms with Crippen molar-refractivity contribution in [3.05, 3.63) is 29.8 Å². The fourth-order valence-electron chi connectivity index (χ4n) is 9.26. The van der Waals surface area contributed by atoms with Crippen LogP contribution in [-0.2, 0) is 40.0 Å². The standard InChI is InChI=1S/C51H84N8O8/c1-6-36(3)34-37(4)18-12-10-8-9-11-13-23-46(62)55-38(5)19-15-31-53-48(64)44-21-16-32-58(44)51(67)43(20-14-30-52)57-47(63)42(29-26-39-24-27-40(61)28-25-39)56-49(65)45-22-17-33-59(45)50(66)41(7-2)54-35-60/h24-25,27-28,35-37,41-45,61H,6-23,26,29-34,52H2,1-5H3,(H,53,64)(H,54,60)(H,56,65)(H,57,63). The summed E-state index contributed by atoms with van der Waals surface area (Å²) in [4.78, 5) is 100. The van der Waals surface area contributed by atoms with Gasteiger partial charge in [0.05, 0.1) is 0 Å². The number of aryl methyl sites for hydroxylation is 1. The van der Waals surface area contributed by atoms with Crippen molar-refractivity contribution in [3.63, 3.8) is 0 Å². The Labute approximate surface area is 400 Å². The van der Waals surface area contributed by atoms with E-state index < -0.39 is 47.9 Å². The SMILES string of the molecule is CCC(C)CC(C)CCCCCCCCC(=O)N=C(C)CCCNC(=O)C1CCCN1C(=O)C(CCCN)NC(=O)C(CCc1ccc(O)cc1)NC(=O)C1CCCN1C(=O)C(CC)NC=O. The van der Waals surface area contributed by atoms with E-state index in [1.165, 1.54) is 60.5 Å². The van der Waals surface area contributed by atoms with Crippen LogP contribution >= 0.6 is 0 Å². The lowest BCUT2D eigenvalue weighted by Crippen LogP contribution is -2.58. The molecule has 67 heavy (non-hydrogen) atoms. The first kappa shape index (κ1) is 56.5. The van der Waals surface area contributed by atoms with Crippen LogP contribution in [-0.4, -0.2) is 119 Å². The number of phenols is 1. The molecule has 7 atom stereocenters. The number of hydrogen-bond donors (Lipinski definition) is 6. The maximum Gasteiger partial charge on any atom is 0.245 e. The second kappa shape index (κ2) is 31.2. The number of amides is 7. The number of rotatable bonds is 32. The van der Waals surface area contributed by atoms with Gasteiger partial charge in [-0.1, -0.05) is 84.8 Å². The lowest BCUT2D eigenvalue weighted by molar-refractivity contribution is -0.143. The predicted molar refractivity (Wildman–Crippen MR) is 262 cm³/mol. The number of benzene rings is 1. The van der Waals surface area contributed by atoms with E-state index in [-0.39, 0.29) is 42.9 Å². The number of carbonyl (C=O) groups is 7. The zero-order valence-corrected chi connectivity index (χ0v) is 41.3. The van der Waals surface area contributed by atoms with E-state index in [0.29, 0.717) is 90.3 Å². The molecule has 7 N–H and O–H groups in total. The van der Waals surface area contributed by atoms with Crippen molar-refractivity contribution in [2.24, 2.45) is 22.6 Å². The third kappa shape index (κ3) is 20.1. The molecule has 2 heterocycles. The van der Waals surface area contributed by atoms with Crippen molar-refractivity contribution in [2.75, 3.05) is 26.2 Å². The molecule has 0 aliphatic carbocycles. The van der Waals surface area contributed by atoms with Gasteiger partial charge in [-0.25, -0.2) is 4.99 Å². The van der Waals surface area contributed by atoms with Gasteiger partial charge < -0.3 is 41.9 Å². The van der Waals surface area contributed by atoms with Gasteiger partial charge >= 0.3 is 0 Å². The smallest absolute Gasteiger partial charge is 0.245 e. The van der Waals surface area contributed by atoms with Gasteiger partial charge in [-0.15, -0.1) is 0 Å². The first-order valence-electron chi connectivity index (χ1n) is 25.5. The van der Waals surface area contributed by atoms with E-state index in [4.69, 9.17) is 5.73 Å². The summed E-state index contributed by atoms with van der Waals surface area (Å²) < 4.78 is 0. The zero-order chi connectivity index (χ0) is 49.1. The number of unbranched alkanes of at least 4 members (excludes halogenated alkanes) is 5. The Hall–Kier alpha value is -4.86. The lowest BCUT2D eigenvalue weighted by atomic mass is 9.91. The van der Waals surface area contributed by atoms with E-state index in [9.17, 15) is 38.7 Å². The number of nitrogens with two attached hydrogens (primary N) is 1. The highest BCUT2D eigenvalue weighted by molar-refractivity contribution is 5.97. The Morgan fingerprint density at radius 3 is 2.00 bits per heavy atom. The number of nitrogens with one attached hydrogen (secondary N) is 4. The normalized spacial score (nSPS) is 18.4. The highest BCUT2D eigenvalue weighted by Crippen LogP contribution is 2.23. The average Bonchev–Trinajstić information content (AvgIpc) is 4.02. The Kier molecular flexibility index (Phi) is 26.3. The van der Waals surface area contributed by atoms with Crippen molar-refractivity contribution in [2.45, 2.75) is 200 Å². The van der Waals surface area contributed by atoms with Gasteiger partial charge in [-0.3, -0.25) is 33.6 Å². The third-order valence-corrected chi connectivity index (χ3v) is 13.4. The number of aliphatic imine (C=N–C) groups is 1. The summed E-state index contributed by atoms with van der Waals surface area (Å²) in [6.45, 7) is 11.8. The maximum absolute atomic E-state index is 14.2. The lowest BCUT2D eigenvalue weighted by Gasteiger charge is -2.31. The summed E-state index contributed by atoms with van der Waals surface area (Å²) in [6, 6.07) is 2.03. The van der Waals surface area contributed by atoms with Gasteiger partial charge in [-0.2, -0.15) is 0 Å². The Balaban J connectivity index is 1.54. The number of aromatic hydroxyl groups is 1. The molecule has 7 amide bonds. The minimum Gasteiger partial charge on any atom is -0.508 e. The van der Waals surface area contributed by atoms with E-state index in [1.54, 1.807) is 19.1 Å². The van der Waals surface area contributed by atoms with Crippen LogP contribution in [0.3, 0.4) is 0 Å². The molecule has 376 valence electrons. The Morgan fingerprint density at radius 2 is 1.37 bits per heavy atom. The molecule has 0 saturated carbocycles. The molecule has 2 saturated heterocycles. The fraction of sp³-hybridized carbons (Fsp3) is 0.725. The number of likely N-dealkylation sites (tertiary alicyclic amines) is 2. The summed E-state index contributed by atoms with van der Waals surface area (Å²) in [7, 11) is 0. The third-order valence-electron chi connectivity index (χ3n) is 13.4. The first-order chi connectivity index (χ1) is 32.2.